The first-order valence-corrected chi connectivity index (χ1v) is 7.56. The highest BCUT2D eigenvalue weighted by atomic mass is 31.2. The van der Waals surface area contributed by atoms with Gasteiger partial charge in [-0.05, 0) is 18.2 Å². The number of rotatable bonds is 5. The minimum atomic E-state index is -2.94. The number of aromatic carboxylic acids is 1. The summed E-state index contributed by atoms with van der Waals surface area (Å²) in [6.07, 6.45) is 0.543. The average Bonchev–Trinajstić information content (AvgIpc) is 2.38. The fourth-order valence-corrected chi connectivity index (χ4v) is 2.45. The van der Waals surface area contributed by atoms with Gasteiger partial charge in [0, 0.05) is 12.3 Å². The minimum absolute atomic E-state index is 0.00715. The highest BCUT2D eigenvalue weighted by molar-refractivity contribution is 7.59. The van der Waals surface area contributed by atoms with Crippen LogP contribution in [0.25, 0.3) is 0 Å². The summed E-state index contributed by atoms with van der Waals surface area (Å²) in [5, 5.41) is 8.81. The third-order valence-corrected chi connectivity index (χ3v) is 4.98. The van der Waals surface area contributed by atoms with Crippen molar-refractivity contribution < 1.29 is 23.8 Å². The van der Waals surface area contributed by atoms with Gasteiger partial charge in [-0.15, -0.1) is 0 Å². The fraction of sp³-hybridized carbons (Fsp3) is 0.333. The molecule has 0 aliphatic carbocycles. The van der Waals surface area contributed by atoms with Crippen LogP contribution >= 0.6 is 7.37 Å². The van der Waals surface area contributed by atoms with E-state index >= 15 is 0 Å². The van der Waals surface area contributed by atoms with Gasteiger partial charge < -0.3 is 9.63 Å². The quantitative estimate of drug-likeness (QED) is 0.832. The monoisotopic (exact) mass is 270 g/mol. The van der Waals surface area contributed by atoms with Crippen molar-refractivity contribution >= 4 is 19.3 Å². The van der Waals surface area contributed by atoms with Crippen LogP contribution in [0.3, 0.4) is 0 Å². The van der Waals surface area contributed by atoms with Crippen molar-refractivity contribution in [3.63, 3.8) is 0 Å². The predicted molar refractivity (Wildman–Crippen MR) is 67.5 cm³/mol. The molecule has 0 heterocycles. The summed E-state index contributed by atoms with van der Waals surface area (Å²) in [6, 6.07) is 5.46. The molecule has 1 rings (SSSR count). The van der Waals surface area contributed by atoms with Crippen LogP contribution < -0.4 is 0 Å². The number of carboxylic acid groups (broad SMARTS) is 1. The van der Waals surface area contributed by atoms with E-state index in [4.69, 9.17) is 9.63 Å². The van der Waals surface area contributed by atoms with Crippen LogP contribution in [0.2, 0.25) is 0 Å². The molecule has 5 nitrogen and oxygen atoms in total. The van der Waals surface area contributed by atoms with Crippen molar-refractivity contribution in [1.82, 2.24) is 0 Å². The van der Waals surface area contributed by atoms with Gasteiger partial charge in [-0.3, -0.25) is 4.57 Å². The Morgan fingerprint density at radius 3 is 2.28 bits per heavy atom. The van der Waals surface area contributed by atoms with Crippen LogP contribution in [0, 0.1) is 0 Å². The second-order valence-corrected chi connectivity index (χ2v) is 6.79. The first kappa shape index (κ1) is 14.5. The van der Waals surface area contributed by atoms with Crippen molar-refractivity contribution in [2.24, 2.45) is 0 Å². The molecule has 1 N–H and O–H groups in total. The lowest BCUT2D eigenvalue weighted by Gasteiger charge is -2.14. The van der Waals surface area contributed by atoms with Crippen molar-refractivity contribution in [2.75, 3.05) is 12.3 Å². The maximum absolute atomic E-state index is 12.0. The van der Waals surface area contributed by atoms with Crippen molar-refractivity contribution in [3.8, 4) is 0 Å². The van der Waals surface area contributed by atoms with E-state index in [0.717, 1.165) is 0 Å². The minimum Gasteiger partial charge on any atom is -0.478 e. The number of carbonyl (C=O) groups is 2. The maximum atomic E-state index is 12.0. The molecule has 0 aliphatic rings. The molecule has 0 bridgehead atoms. The summed E-state index contributed by atoms with van der Waals surface area (Å²) in [7, 11) is -2.94. The lowest BCUT2D eigenvalue weighted by Crippen LogP contribution is -2.07. The number of carbonyl (C=O) groups excluding carboxylic acids is 1. The van der Waals surface area contributed by atoms with E-state index in [-0.39, 0.29) is 23.5 Å². The van der Waals surface area contributed by atoms with Gasteiger partial charge >= 0.3 is 11.9 Å². The second kappa shape index (κ2) is 5.83. The summed E-state index contributed by atoms with van der Waals surface area (Å²) < 4.78 is 17.0. The predicted octanol–water partition coefficient (Wildman–Crippen LogP) is 2.86. The second-order valence-electron chi connectivity index (χ2n) is 3.71. The van der Waals surface area contributed by atoms with Gasteiger partial charge in [-0.2, -0.15) is 0 Å². The smallest absolute Gasteiger partial charge is 0.343 e. The van der Waals surface area contributed by atoms with Gasteiger partial charge in [0.15, 0.2) is 0 Å². The van der Waals surface area contributed by atoms with Crippen LogP contribution in [0.4, 0.5) is 0 Å². The van der Waals surface area contributed by atoms with Crippen molar-refractivity contribution in [1.29, 1.82) is 0 Å². The third-order valence-electron chi connectivity index (χ3n) is 2.56. The summed E-state index contributed by atoms with van der Waals surface area (Å²) >= 11 is 0. The van der Waals surface area contributed by atoms with Crippen LogP contribution in [0.5, 0.6) is 0 Å². The maximum Gasteiger partial charge on any atom is 0.343 e. The van der Waals surface area contributed by atoms with Gasteiger partial charge in [0.2, 0.25) is 0 Å². The lowest BCUT2D eigenvalue weighted by atomic mass is 10.1. The Morgan fingerprint density at radius 2 is 1.78 bits per heavy atom. The number of hydrogen-bond donors (Lipinski definition) is 1. The van der Waals surface area contributed by atoms with Gasteiger partial charge in [0.05, 0.1) is 11.1 Å². The van der Waals surface area contributed by atoms with Gasteiger partial charge in [0.25, 0.3) is 7.37 Å². The Bertz CT molecular complexity index is 501. The highest BCUT2D eigenvalue weighted by Gasteiger charge is 2.23. The van der Waals surface area contributed by atoms with E-state index in [1.54, 1.807) is 13.8 Å². The summed E-state index contributed by atoms with van der Waals surface area (Å²) in [5.41, 5.74) is 0.0873. The van der Waals surface area contributed by atoms with Crippen LogP contribution in [0.15, 0.2) is 24.3 Å². The molecule has 0 saturated carbocycles. The standard InChI is InChI=1S/C12H15O5P/c1-3-18(16,4-2)17-12(15)10-7-5-6-9(8-10)11(13)14/h5-8H,3-4H2,1-2H3,(H,13,14). The molecule has 0 amide bonds. The Labute approximate surface area is 105 Å². The van der Waals surface area contributed by atoms with E-state index in [1.807, 2.05) is 0 Å². The molecule has 1 aromatic carbocycles. The van der Waals surface area contributed by atoms with Gasteiger partial charge in [-0.25, -0.2) is 9.59 Å². The SMILES string of the molecule is CCP(=O)(CC)OC(=O)c1cccc(C(=O)O)c1. The van der Waals surface area contributed by atoms with Crippen LogP contribution in [-0.2, 0) is 9.09 Å². The molecule has 0 saturated heterocycles. The molecule has 0 radical (unpaired) electrons. The highest BCUT2D eigenvalue weighted by Crippen LogP contribution is 2.46. The first-order chi connectivity index (χ1) is 8.41. The molecule has 0 aromatic heterocycles. The van der Waals surface area contributed by atoms with E-state index in [9.17, 15) is 14.2 Å². The first-order valence-electron chi connectivity index (χ1n) is 5.57. The Kier molecular flexibility index (Phi) is 4.68. The Balaban J connectivity index is 2.95. The third kappa shape index (κ3) is 3.44. The van der Waals surface area contributed by atoms with Crippen molar-refractivity contribution in [2.45, 2.75) is 13.8 Å². The number of hydrogen-bond acceptors (Lipinski definition) is 4. The molecule has 98 valence electrons. The zero-order valence-corrected chi connectivity index (χ0v) is 11.1. The molecular weight excluding hydrogens is 255 g/mol. The van der Waals surface area contributed by atoms with E-state index in [0.29, 0.717) is 0 Å². The zero-order chi connectivity index (χ0) is 13.8. The molecule has 0 unspecified atom stereocenters. The molecular formula is C12H15O5P. The lowest BCUT2D eigenvalue weighted by molar-refractivity contribution is 0.0697. The summed E-state index contributed by atoms with van der Waals surface area (Å²) in [5.74, 6) is -1.87. The largest absolute Gasteiger partial charge is 0.478 e. The van der Waals surface area contributed by atoms with E-state index in [2.05, 4.69) is 0 Å². The normalized spacial score (nSPS) is 11.0. The van der Waals surface area contributed by atoms with Gasteiger partial charge in [-0.1, -0.05) is 19.9 Å². The average molecular weight is 270 g/mol. The number of benzene rings is 1. The molecule has 6 heteroatoms. The molecule has 0 atom stereocenters. The molecule has 0 fully saturated rings. The van der Waals surface area contributed by atoms with Crippen LogP contribution in [0.1, 0.15) is 34.6 Å². The molecule has 18 heavy (non-hydrogen) atoms. The van der Waals surface area contributed by atoms with Gasteiger partial charge in [0.1, 0.15) is 0 Å². The van der Waals surface area contributed by atoms with E-state index < -0.39 is 19.3 Å². The molecule has 0 aliphatic heterocycles. The van der Waals surface area contributed by atoms with Crippen LogP contribution in [-0.4, -0.2) is 29.4 Å². The number of carboxylic acids is 1. The fourth-order valence-electron chi connectivity index (χ4n) is 1.34. The topological polar surface area (TPSA) is 80.7 Å². The molecule has 0 spiro atoms. The zero-order valence-electron chi connectivity index (χ0n) is 10.3. The Hall–Kier alpha value is -1.61. The molecule has 1 aromatic rings. The summed E-state index contributed by atoms with van der Waals surface area (Å²) in [4.78, 5) is 22.5. The Morgan fingerprint density at radius 1 is 1.22 bits per heavy atom. The van der Waals surface area contributed by atoms with E-state index in [1.165, 1.54) is 24.3 Å². The van der Waals surface area contributed by atoms with Crippen molar-refractivity contribution in [3.05, 3.63) is 35.4 Å². The summed E-state index contributed by atoms with van der Waals surface area (Å²) in [6.45, 7) is 3.37.